The van der Waals surface area contributed by atoms with E-state index < -0.39 is 0 Å². The molecule has 4 heteroatoms. The van der Waals surface area contributed by atoms with Crippen LogP contribution in [0.25, 0.3) is 0 Å². The maximum atomic E-state index is 12.1. The molecule has 18 heavy (non-hydrogen) atoms. The van der Waals surface area contributed by atoms with Crippen molar-refractivity contribution in [3.63, 3.8) is 0 Å². The van der Waals surface area contributed by atoms with E-state index in [9.17, 15) is 4.79 Å². The summed E-state index contributed by atoms with van der Waals surface area (Å²) in [5.74, 6) is 1.57. The third-order valence-corrected chi connectivity index (χ3v) is 4.65. The summed E-state index contributed by atoms with van der Waals surface area (Å²) in [7, 11) is 0. The largest absolute Gasteiger partial charge is 0.379 e. The monoisotopic (exact) mass is 260 g/mol. The normalized spacial score (nSPS) is 27.6. The summed E-state index contributed by atoms with van der Waals surface area (Å²) < 4.78 is 0. The zero-order chi connectivity index (χ0) is 12.5. The Hall–Kier alpha value is -1.29. The van der Waals surface area contributed by atoms with Crippen LogP contribution in [0.2, 0.25) is 0 Å². The number of aliphatic imine (C=N–C) groups is 1. The smallest absolute Gasteiger partial charge is 0.163 e. The number of Topliss-reactive ketones (excluding diaryl/α,β-unsaturated/α-hetero) is 1. The van der Waals surface area contributed by atoms with Gasteiger partial charge in [-0.1, -0.05) is 36.0 Å². The lowest BCUT2D eigenvalue weighted by atomic mass is 9.87. The van der Waals surface area contributed by atoms with Gasteiger partial charge < -0.3 is 5.73 Å². The van der Waals surface area contributed by atoms with Gasteiger partial charge in [0.2, 0.25) is 0 Å². The number of carbonyl (C=O) groups excluding carboxylic acids is 1. The molecule has 1 aromatic rings. The number of hydrogen-bond donors (Lipinski definition) is 1. The van der Waals surface area contributed by atoms with Crippen molar-refractivity contribution < 1.29 is 4.79 Å². The van der Waals surface area contributed by atoms with E-state index in [0.29, 0.717) is 17.5 Å². The molecule has 94 valence electrons. The highest BCUT2D eigenvalue weighted by molar-refractivity contribution is 8.14. The van der Waals surface area contributed by atoms with Gasteiger partial charge in [-0.25, -0.2) is 0 Å². The molecule has 3 nitrogen and oxygen atoms in total. The first-order valence-corrected chi connectivity index (χ1v) is 7.32. The van der Waals surface area contributed by atoms with Crippen LogP contribution >= 0.6 is 11.8 Å². The molecule has 2 N–H and O–H groups in total. The van der Waals surface area contributed by atoms with Crippen molar-refractivity contribution in [1.82, 2.24) is 0 Å². The predicted octanol–water partition coefficient (Wildman–Crippen LogP) is 2.57. The van der Waals surface area contributed by atoms with Crippen molar-refractivity contribution in [2.24, 2.45) is 10.7 Å². The van der Waals surface area contributed by atoms with Gasteiger partial charge in [0, 0.05) is 23.7 Å². The third-order valence-electron chi connectivity index (χ3n) is 3.74. The van der Waals surface area contributed by atoms with Gasteiger partial charge in [-0.3, -0.25) is 9.79 Å². The van der Waals surface area contributed by atoms with Crippen molar-refractivity contribution in [2.45, 2.75) is 31.2 Å². The first kappa shape index (κ1) is 11.8. The molecule has 0 bridgehead atoms. The summed E-state index contributed by atoms with van der Waals surface area (Å²) in [4.78, 5) is 16.6. The molecule has 0 saturated carbocycles. The van der Waals surface area contributed by atoms with Gasteiger partial charge in [0.25, 0.3) is 0 Å². The average molecular weight is 260 g/mol. The van der Waals surface area contributed by atoms with Gasteiger partial charge in [-0.2, -0.15) is 0 Å². The number of nitrogens with two attached hydrogens (primary N) is 1. The quantitative estimate of drug-likeness (QED) is 0.790. The highest BCUT2D eigenvalue weighted by Gasteiger charge is 2.31. The van der Waals surface area contributed by atoms with Crippen LogP contribution in [0, 0.1) is 0 Å². The number of rotatable bonds is 1. The molecule has 0 saturated heterocycles. The topological polar surface area (TPSA) is 55.4 Å². The van der Waals surface area contributed by atoms with E-state index in [2.05, 4.69) is 11.1 Å². The number of benzene rings is 1. The summed E-state index contributed by atoms with van der Waals surface area (Å²) in [6, 6.07) is 8.23. The minimum Gasteiger partial charge on any atom is -0.379 e. The summed E-state index contributed by atoms with van der Waals surface area (Å²) in [6.45, 7) is 0. The molecule has 1 heterocycles. The zero-order valence-electron chi connectivity index (χ0n) is 10.1. The molecule has 0 aromatic heterocycles. The highest BCUT2D eigenvalue weighted by atomic mass is 32.2. The Balaban J connectivity index is 2.00. The van der Waals surface area contributed by atoms with Crippen molar-refractivity contribution in [2.75, 3.05) is 5.75 Å². The molecule has 1 aromatic carbocycles. The molecule has 0 fully saturated rings. The molecule has 1 aliphatic carbocycles. The van der Waals surface area contributed by atoms with Crippen molar-refractivity contribution in [3.05, 3.63) is 35.4 Å². The van der Waals surface area contributed by atoms with Crippen LogP contribution in [-0.4, -0.2) is 22.7 Å². The van der Waals surface area contributed by atoms with Crippen molar-refractivity contribution >= 4 is 22.7 Å². The first-order chi connectivity index (χ1) is 8.75. The summed E-state index contributed by atoms with van der Waals surface area (Å²) in [6.07, 6.45) is 2.64. The van der Waals surface area contributed by atoms with E-state index in [1.54, 1.807) is 11.8 Å². The van der Waals surface area contributed by atoms with Gasteiger partial charge in [-0.15, -0.1) is 0 Å². The number of ketones is 1. The fraction of sp³-hybridized carbons (Fsp3) is 0.429. The molecule has 2 aliphatic rings. The van der Waals surface area contributed by atoms with Crippen LogP contribution in [0.3, 0.4) is 0 Å². The van der Waals surface area contributed by atoms with E-state index >= 15 is 0 Å². The Kier molecular flexibility index (Phi) is 3.12. The predicted molar refractivity (Wildman–Crippen MR) is 75.2 cm³/mol. The summed E-state index contributed by atoms with van der Waals surface area (Å²) >= 11 is 1.62. The van der Waals surface area contributed by atoms with E-state index in [4.69, 9.17) is 5.73 Å². The first-order valence-electron chi connectivity index (χ1n) is 6.34. The van der Waals surface area contributed by atoms with Crippen LogP contribution in [0.1, 0.15) is 41.1 Å². The van der Waals surface area contributed by atoms with E-state index in [1.165, 1.54) is 5.56 Å². The summed E-state index contributed by atoms with van der Waals surface area (Å²) in [5.41, 5.74) is 7.83. The number of hydrogen-bond acceptors (Lipinski definition) is 4. The Morgan fingerprint density at radius 2 is 2.17 bits per heavy atom. The molecule has 1 aliphatic heterocycles. The SMILES string of the molecule is NC1=NC(C2CCCC(=O)c3ccccc32)CS1. The van der Waals surface area contributed by atoms with E-state index in [1.807, 2.05) is 18.2 Å². The standard InChI is InChI=1S/C14H16N2OS/c15-14-16-12(8-18-14)10-6-3-7-13(17)11-5-2-1-4-9(10)11/h1-2,4-5,10,12H,3,6-8H2,(H2,15,16). The van der Waals surface area contributed by atoms with Gasteiger partial charge in [0.05, 0.1) is 6.04 Å². The average Bonchev–Trinajstić information content (AvgIpc) is 2.73. The Bertz CT molecular complexity index is 512. The fourth-order valence-corrected chi connectivity index (χ4v) is 3.72. The molecule has 0 amide bonds. The minimum atomic E-state index is 0.238. The number of carbonyl (C=O) groups is 1. The van der Waals surface area contributed by atoms with Crippen molar-refractivity contribution in [3.8, 4) is 0 Å². The number of fused-ring (bicyclic) bond motifs is 1. The van der Waals surface area contributed by atoms with Crippen LogP contribution in [0.4, 0.5) is 0 Å². The Labute approximate surface area is 111 Å². The van der Waals surface area contributed by atoms with Gasteiger partial charge in [0.15, 0.2) is 11.0 Å². The van der Waals surface area contributed by atoms with Crippen LogP contribution in [-0.2, 0) is 0 Å². The number of thioether (sulfide) groups is 1. The summed E-state index contributed by atoms with van der Waals surface area (Å²) in [5, 5.41) is 0.688. The van der Waals surface area contributed by atoms with Crippen LogP contribution in [0.15, 0.2) is 29.3 Å². The molecular weight excluding hydrogens is 244 g/mol. The Morgan fingerprint density at radius 3 is 2.94 bits per heavy atom. The lowest BCUT2D eigenvalue weighted by Gasteiger charge is -2.21. The number of amidine groups is 1. The molecular formula is C14H16N2OS. The second kappa shape index (κ2) is 4.76. The molecule has 0 radical (unpaired) electrons. The van der Waals surface area contributed by atoms with Gasteiger partial charge >= 0.3 is 0 Å². The van der Waals surface area contributed by atoms with E-state index in [-0.39, 0.29) is 11.8 Å². The minimum absolute atomic E-state index is 0.238. The lowest BCUT2D eigenvalue weighted by Crippen LogP contribution is -2.18. The highest BCUT2D eigenvalue weighted by Crippen LogP contribution is 2.37. The zero-order valence-corrected chi connectivity index (χ0v) is 11.0. The second-order valence-electron chi connectivity index (χ2n) is 4.85. The Morgan fingerprint density at radius 1 is 1.33 bits per heavy atom. The van der Waals surface area contributed by atoms with Gasteiger partial charge in [-0.05, 0) is 18.4 Å². The van der Waals surface area contributed by atoms with Gasteiger partial charge in [0.1, 0.15) is 0 Å². The van der Waals surface area contributed by atoms with Crippen LogP contribution < -0.4 is 5.73 Å². The maximum Gasteiger partial charge on any atom is 0.163 e. The fourth-order valence-electron chi connectivity index (χ4n) is 2.86. The maximum absolute atomic E-state index is 12.1. The number of nitrogens with zero attached hydrogens (tertiary/aromatic N) is 1. The molecule has 3 rings (SSSR count). The van der Waals surface area contributed by atoms with E-state index in [0.717, 1.165) is 24.2 Å². The lowest BCUT2D eigenvalue weighted by molar-refractivity contribution is 0.0982. The third kappa shape index (κ3) is 2.05. The molecule has 2 unspecified atom stereocenters. The van der Waals surface area contributed by atoms with Crippen molar-refractivity contribution in [1.29, 1.82) is 0 Å². The molecule has 0 spiro atoms. The molecule has 2 atom stereocenters. The second-order valence-corrected chi connectivity index (χ2v) is 5.90. The van der Waals surface area contributed by atoms with Crippen LogP contribution in [0.5, 0.6) is 0 Å².